The van der Waals surface area contributed by atoms with Gasteiger partial charge in [0.2, 0.25) is 0 Å². The first-order valence-corrected chi connectivity index (χ1v) is 7.58. The van der Waals surface area contributed by atoms with E-state index in [0.29, 0.717) is 0 Å². The Kier molecular flexibility index (Phi) is 5.21. The van der Waals surface area contributed by atoms with Gasteiger partial charge in [0, 0.05) is 10.0 Å². The highest BCUT2D eigenvalue weighted by atomic mass is 79.9. The van der Waals surface area contributed by atoms with E-state index in [1.54, 1.807) is 7.11 Å². The summed E-state index contributed by atoms with van der Waals surface area (Å²) >= 11 is 3.55. The van der Waals surface area contributed by atoms with Crippen LogP contribution in [0.25, 0.3) is 0 Å². The molecule has 0 saturated heterocycles. The Bertz CT molecular complexity index is 583. The Balaban J connectivity index is 2.50. The van der Waals surface area contributed by atoms with Crippen molar-refractivity contribution in [2.24, 2.45) is 0 Å². The molecule has 0 aromatic heterocycles. The SMILES string of the molecule is CCNC(c1cccc(C)c1)c1cc(Br)ccc1OC. The van der Waals surface area contributed by atoms with E-state index in [2.05, 4.69) is 65.4 Å². The van der Waals surface area contributed by atoms with E-state index in [0.717, 1.165) is 22.3 Å². The van der Waals surface area contributed by atoms with E-state index in [9.17, 15) is 0 Å². The van der Waals surface area contributed by atoms with Crippen molar-refractivity contribution in [3.8, 4) is 5.75 Å². The van der Waals surface area contributed by atoms with Crippen LogP contribution in [0.1, 0.15) is 29.7 Å². The van der Waals surface area contributed by atoms with Crippen molar-refractivity contribution in [1.82, 2.24) is 5.32 Å². The summed E-state index contributed by atoms with van der Waals surface area (Å²) in [6, 6.07) is 14.8. The van der Waals surface area contributed by atoms with Gasteiger partial charge in [0.1, 0.15) is 5.75 Å². The van der Waals surface area contributed by atoms with Crippen LogP contribution in [0.5, 0.6) is 5.75 Å². The van der Waals surface area contributed by atoms with Gasteiger partial charge in [-0.1, -0.05) is 52.7 Å². The van der Waals surface area contributed by atoms with Gasteiger partial charge in [-0.2, -0.15) is 0 Å². The summed E-state index contributed by atoms with van der Waals surface area (Å²) in [7, 11) is 1.71. The molecule has 0 aliphatic heterocycles. The largest absolute Gasteiger partial charge is 0.496 e. The highest BCUT2D eigenvalue weighted by molar-refractivity contribution is 9.10. The molecular weight excluding hydrogens is 314 g/mol. The van der Waals surface area contributed by atoms with Gasteiger partial charge >= 0.3 is 0 Å². The minimum atomic E-state index is 0.132. The number of rotatable bonds is 5. The normalized spacial score (nSPS) is 12.2. The summed E-state index contributed by atoms with van der Waals surface area (Å²) in [5.74, 6) is 0.903. The lowest BCUT2D eigenvalue weighted by atomic mass is 9.96. The number of nitrogens with one attached hydrogen (secondary N) is 1. The monoisotopic (exact) mass is 333 g/mol. The predicted molar refractivity (Wildman–Crippen MR) is 87.4 cm³/mol. The third-order valence-corrected chi connectivity index (χ3v) is 3.78. The first kappa shape index (κ1) is 15.1. The molecule has 2 aromatic carbocycles. The van der Waals surface area contributed by atoms with Gasteiger partial charge < -0.3 is 10.1 Å². The smallest absolute Gasteiger partial charge is 0.124 e. The quantitative estimate of drug-likeness (QED) is 0.871. The second-order valence-corrected chi connectivity index (χ2v) is 5.71. The standard InChI is InChI=1S/C17H20BrNO/c1-4-19-17(13-7-5-6-12(2)10-13)15-11-14(18)8-9-16(15)20-3/h5-11,17,19H,4H2,1-3H3. The molecule has 0 saturated carbocycles. The minimum absolute atomic E-state index is 0.132. The maximum atomic E-state index is 5.52. The van der Waals surface area contributed by atoms with Crippen molar-refractivity contribution in [3.63, 3.8) is 0 Å². The van der Waals surface area contributed by atoms with Crippen LogP contribution < -0.4 is 10.1 Å². The topological polar surface area (TPSA) is 21.3 Å². The van der Waals surface area contributed by atoms with Crippen molar-refractivity contribution in [2.45, 2.75) is 19.9 Å². The molecule has 0 aliphatic rings. The molecule has 106 valence electrons. The van der Waals surface area contributed by atoms with Crippen molar-refractivity contribution in [2.75, 3.05) is 13.7 Å². The van der Waals surface area contributed by atoms with Crippen LogP contribution in [0, 0.1) is 6.92 Å². The molecule has 2 nitrogen and oxygen atoms in total. The van der Waals surface area contributed by atoms with Gasteiger partial charge in [-0.15, -0.1) is 0 Å². The molecule has 20 heavy (non-hydrogen) atoms. The lowest BCUT2D eigenvalue weighted by Crippen LogP contribution is -2.22. The number of ether oxygens (including phenoxy) is 1. The number of methoxy groups -OCH3 is 1. The molecule has 1 N–H and O–H groups in total. The Morgan fingerprint density at radius 3 is 2.65 bits per heavy atom. The van der Waals surface area contributed by atoms with Gasteiger partial charge in [-0.25, -0.2) is 0 Å². The summed E-state index contributed by atoms with van der Waals surface area (Å²) < 4.78 is 6.58. The molecule has 2 aromatic rings. The third-order valence-electron chi connectivity index (χ3n) is 3.29. The molecular formula is C17H20BrNO. The highest BCUT2D eigenvalue weighted by Crippen LogP contribution is 2.32. The lowest BCUT2D eigenvalue weighted by Gasteiger charge is -2.22. The number of aryl methyl sites for hydroxylation is 1. The minimum Gasteiger partial charge on any atom is -0.496 e. The summed E-state index contributed by atoms with van der Waals surface area (Å²) in [4.78, 5) is 0. The number of hydrogen-bond donors (Lipinski definition) is 1. The van der Waals surface area contributed by atoms with Gasteiger partial charge in [0.15, 0.2) is 0 Å². The molecule has 0 amide bonds. The zero-order valence-corrected chi connectivity index (χ0v) is 13.7. The first-order chi connectivity index (χ1) is 9.65. The summed E-state index contributed by atoms with van der Waals surface area (Å²) in [5, 5.41) is 3.54. The zero-order valence-electron chi connectivity index (χ0n) is 12.1. The van der Waals surface area contributed by atoms with Crippen LogP contribution in [0.15, 0.2) is 46.9 Å². The number of hydrogen-bond acceptors (Lipinski definition) is 2. The second kappa shape index (κ2) is 6.91. The Hall–Kier alpha value is -1.32. The summed E-state index contributed by atoms with van der Waals surface area (Å²) in [6.07, 6.45) is 0. The Labute approximate surface area is 129 Å². The van der Waals surface area contributed by atoms with Crippen LogP contribution in [-0.4, -0.2) is 13.7 Å². The first-order valence-electron chi connectivity index (χ1n) is 6.79. The molecule has 1 unspecified atom stereocenters. The molecule has 0 fully saturated rings. The molecule has 1 atom stereocenters. The Morgan fingerprint density at radius 1 is 1.20 bits per heavy atom. The molecule has 2 rings (SSSR count). The average Bonchev–Trinajstić information content (AvgIpc) is 2.44. The van der Waals surface area contributed by atoms with E-state index in [1.807, 2.05) is 12.1 Å². The van der Waals surface area contributed by atoms with Crippen LogP contribution in [0.2, 0.25) is 0 Å². The van der Waals surface area contributed by atoms with E-state index in [4.69, 9.17) is 4.74 Å². The maximum absolute atomic E-state index is 5.52. The fraction of sp³-hybridized carbons (Fsp3) is 0.294. The van der Waals surface area contributed by atoms with Gasteiger partial charge in [-0.3, -0.25) is 0 Å². The lowest BCUT2D eigenvalue weighted by molar-refractivity contribution is 0.404. The number of benzene rings is 2. The second-order valence-electron chi connectivity index (χ2n) is 4.79. The molecule has 0 aliphatic carbocycles. The van der Waals surface area contributed by atoms with E-state index in [1.165, 1.54) is 11.1 Å². The van der Waals surface area contributed by atoms with Gasteiger partial charge in [0.25, 0.3) is 0 Å². The van der Waals surface area contributed by atoms with E-state index in [-0.39, 0.29) is 6.04 Å². The fourth-order valence-electron chi connectivity index (χ4n) is 2.39. The van der Waals surface area contributed by atoms with E-state index >= 15 is 0 Å². The van der Waals surface area contributed by atoms with Gasteiger partial charge in [-0.05, 0) is 37.2 Å². The number of halogens is 1. The fourth-order valence-corrected chi connectivity index (χ4v) is 2.77. The molecule has 0 radical (unpaired) electrons. The van der Waals surface area contributed by atoms with Crippen LogP contribution in [-0.2, 0) is 0 Å². The predicted octanol–water partition coefficient (Wildman–Crippen LogP) is 4.47. The van der Waals surface area contributed by atoms with Crippen molar-refractivity contribution >= 4 is 15.9 Å². The zero-order chi connectivity index (χ0) is 14.5. The van der Waals surface area contributed by atoms with Crippen LogP contribution in [0.3, 0.4) is 0 Å². The van der Waals surface area contributed by atoms with Crippen LogP contribution in [0.4, 0.5) is 0 Å². The summed E-state index contributed by atoms with van der Waals surface area (Å²) in [5.41, 5.74) is 3.66. The van der Waals surface area contributed by atoms with Gasteiger partial charge in [0.05, 0.1) is 13.2 Å². The van der Waals surface area contributed by atoms with Crippen molar-refractivity contribution in [3.05, 3.63) is 63.6 Å². The van der Waals surface area contributed by atoms with Crippen molar-refractivity contribution in [1.29, 1.82) is 0 Å². The molecule has 0 bridgehead atoms. The van der Waals surface area contributed by atoms with Crippen molar-refractivity contribution < 1.29 is 4.74 Å². The summed E-state index contributed by atoms with van der Waals surface area (Å²) in [6.45, 7) is 5.13. The maximum Gasteiger partial charge on any atom is 0.124 e. The van der Waals surface area contributed by atoms with Crippen LogP contribution >= 0.6 is 15.9 Å². The Morgan fingerprint density at radius 2 is 2.00 bits per heavy atom. The molecule has 0 spiro atoms. The van der Waals surface area contributed by atoms with E-state index < -0.39 is 0 Å². The highest BCUT2D eigenvalue weighted by Gasteiger charge is 2.17. The average molecular weight is 334 g/mol. The molecule has 3 heteroatoms. The molecule has 0 heterocycles. The third kappa shape index (κ3) is 3.41.